The molecule has 0 aromatic heterocycles. The summed E-state index contributed by atoms with van der Waals surface area (Å²) >= 11 is 0. The number of nitrogens with one attached hydrogen (secondary N) is 1. The molecule has 6 heteroatoms. The number of carbonyl (C=O) groups is 2. The Morgan fingerprint density at radius 1 is 1.35 bits per heavy atom. The third kappa shape index (κ3) is 3.94. The number of hydrogen-bond acceptors (Lipinski definition) is 3. The lowest BCUT2D eigenvalue weighted by Gasteiger charge is -2.16. The molecular weight excluding hydrogens is 265 g/mol. The molecule has 110 valence electrons. The maximum Gasteiger partial charge on any atom is 0.307 e. The zero-order valence-corrected chi connectivity index (χ0v) is 11.6. The molecule has 0 aliphatic rings. The van der Waals surface area contributed by atoms with E-state index in [1.807, 2.05) is 0 Å². The van der Waals surface area contributed by atoms with Crippen LogP contribution in [0.5, 0.6) is 5.75 Å². The van der Waals surface area contributed by atoms with E-state index in [9.17, 15) is 14.0 Å². The number of carboxylic acids is 1. The van der Waals surface area contributed by atoms with E-state index >= 15 is 0 Å². The van der Waals surface area contributed by atoms with Gasteiger partial charge in [-0.2, -0.15) is 0 Å². The number of anilines is 1. The molecule has 20 heavy (non-hydrogen) atoms. The normalized spacial score (nSPS) is 13.4. The van der Waals surface area contributed by atoms with Crippen LogP contribution in [0.25, 0.3) is 0 Å². The van der Waals surface area contributed by atoms with E-state index in [-0.39, 0.29) is 11.4 Å². The van der Waals surface area contributed by atoms with Gasteiger partial charge in [-0.25, -0.2) is 4.39 Å². The Labute approximate surface area is 116 Å². The molecule has 0 radical (unpaired) electrons. The summed E-state index contributed by atoms with van der Waals surface area (Å²) in [4.78, 5) is 22.7. The first-order valence-electron chi connectivity index (χ1n) is 6.32. The Hall–Kier alpha value is -2.11. The summed E-state index contributed by atoms with van der Waals surface area (Å²) in [6.07, 6.45) is 0. The van der Waals surface area contributed by atoms with Crippen LogP contribution < -0.4 is 10.1 Å². The van der Waals surface area contributed by atoms with Gasteiger partial charge in [-0.05, 0) is 19.1 Å². The Bertz CT molecular complexity index is 504. The Morgan fingerprint density at radius 2 is 2.00 bits per heavy atom. The van der Waals surface area contributed by atoms with Crippen LogP contribution in [0.1, 0.15) is 20.8 Å². The number of aliphatic carboxylic acids is 1. The van der Waals surface area contributed by atoms with Gasteiger partial charge in [-0.1, -0.05) is 13.8 Å². The predicted molar refractivity (Wildman–Crippen MR) is 72.2 cm³/mol. The largest absolute Gasteiger partial charge is 0.491 e. The summed E-state index contributed by atoms with van der Waals surface area (Å²) in [5.41, 5.74) is 0.264. The molecular formula is C14H18FNO4. The lowest BCUT2D eigenvalue weighted by Crippen LogP contribution is -2.29. The monoisotopic (exact) mass is 283 g/mol. The van der Waals surface area contributed by atoms with Crippen molar-refractivity contribution in [3.63, 3.8) is 0 Å². The van der Waals surface area contributed by atoms with Crippen molar-refractivity contribution >= 4 is 17.6 Å². The van der Waals surface area contributed by atoms with Gasteiger partial charge < -0.3 is 15.2 Å². The molecule has 2 N–H and O–H groups in total. The average Bonchev–Trinajstić information content (AvgIpc) is 2.40. The van der Waals surface area contributed by atoms with Gasteiger partial charge in [0.15, 0.2) is 11.6 Å². The van der Waals surface area contributed by atoms with Gasteiger partial charge in [0.2, 0.25) is 5.91 Å². The smallest absolute Gasteiger partial charge is 0.307 e. The standard InChI is InChI=1S/C14H18FNO4/c1-4-20-12-6-5-10(7-11(12)15)16-13(17)8(2)9(3)14(18)19/h5-9H,4H2,1-3H3,(H,16,17)(H,18,19). The quantitative estimate of drug-likeness (QED) is 0.841. The fraction of sp³-hybridized carbons (Fsp3) is 0.429. The highest BCUT2D eigenvalue weighted by Crippen LogP contribution is 2.22. The lowest BCUT2D eigenvalue weighted by molar-refractivity contribution is -0.145. The van der Waals surface area contributed by atoms with Crippen molar-refractivity contribution < 1.29 is 23.8 Å². The van der Waals surface area contributed by atoms with Crippen LogP contribution in [0.15, 0.2) is 18.2 Å². The van der Waals surface area contributed by atoms with Crippen molar-refractivity contribution in [2.24, 2.45) is 11.8 Å². The summed E-state index contributed by atoms with van der Waals surface area (Å²) in [6, 6.07) is 4.06. The molecule has 2 atom stereocenters. The van der Waals surface area contributed by atoms with Gasteiger partial charge >= 0.3 is 5.97 Å². The number of benzene rings is 1. The fourth-order valence-electron chi connectivity index (χ4n) is 1.55. The average molecular weight is 283 g/mol. The maximum absolute atomic E-state index is 13.6. The number of carboxylic acid groups (broad SMARTS) is 1. The molecule has 0 fully saturated rings. The number of carbonyl (C=O) groups excluding carboxylic acids is 1. The Kier molecular flexibility index (Phi) is 5.49. The van der Waals surface area contributed by atoms with Gasteiger partial charge in [0, 0.05) is 17.7 Å². The van der Waals surface area contributed by atoms with Crippen molar-refractivity contribution in [2.45, 2.75) is 20.8 Å². The van der Waals surface area contributed by atoms with Crippen molar-refractivity contribution in [3.8, 4) is 5.75 Å². The minimum Gasteiger partial charge on any atom is -0.491 e. The third-order valence-electron chi connectivity index (χ3n) is 3.05. The second-order valence-corrected chi connectivity index (χ2v) is 4.48. The van der Waals surface area contributed by atoms with Crippen LogP contribution in [0.2, 0.25) is 0 Å². The van der Waals surface area contributed by atoms with Crippen LogP contribution in [0.3, 0.4) is 0 Å². The molecule has 2 unspecified atom stereocenters. The summed E-state index contributed by atoms with van der Waals surface area (Å²) in [7, 11) is 0. The molecule has 5 nitrogen and oxygen atoms in total. The minimum atomic E-state index is -1.05. The van der Waals surface area contributed by atoms with E-state index in [0.29, 0.717) is 6.61 Å². The van der Waals surface area contributed by atoms with Gasteiger partial charge in [0.25, 0.3) is 0 Å². The molecule has 0 saturated heterocycles. The summed E-state index contributed by atoms with van der Waals surface area (Å²) in [5, 5.41) is 11.3. The molecule has 0 bridgehead atoms. The molecule has 1 aromatic carbocycles. The number of halogens is 1. The third-order valence-corrected chi connectivity index (χ3v) is 3.05. The number of hydrogen-bond donors (Lipinski definition) is 2. The molecule has 0 spiro atoms. The molecule has 0 saturated carbocycles. The van der Waals surface area contributed by atoms with Gasteiger partial charge in [-0.3, -0.25) is 9.59 Å². The minimum absolute atomic E-state index is 0.109. The van der Waals surface area contributed by atoms with E-state index in [2.05, 4.69) is 5.32 Å². The van der Waals surface area contributed by atoms with Crippen LogP contribution in [0, 0.1) is 17.7 Å². The number of ether oxygens (including phenoxy) is 1. The second kappa shape index (κ2) is 6.88. The van der Waals surface area contributed by atoms with Crippen LogP contribution >= 0.6 is 0 Å². The van der Waals surface area contributed by atoms with E-state index in [0.717, 1.165) is 6.07 Å². The van der Waals surface area contributed by atoms with Crippen LogP contribution in [-0.2, 0) is 9.59 Å². The first-order valence-corrected chi connectivity index (χ1v) is 6.32. The fourth-order valence-corrected chi connectivity index (χ4v) is 1.55. The van der Waals surface area contributed by atoms with Crippen molar-refractivity contribution in [3.05, 3.63) is 24.0 Å². The Balaban J connectivity index is 2.76. The molecule has 1 aromatic rings. The van der Waals surface area contributed by atoms with Crippen LogP contribution in [-0.4, -0.2) is 23.6 Å². The van der Waals surface area contributed by atoms with Crippen molar-refractivity contribution in [1.82, 2.24) is 0 Å². The van der Waals surface area contributed by atoms with Crippen LogP contribution in [0.4, 0.5) is 10.1 Å². The van der Waals surface area contributed by atoms with E-state index in [1.165, 1.54) is 26.0 Å². The molecule has 0 aliphatic carbocycles. The van der Waals surface area contributed by atoms with Crippen molar-refractivity contribution in [1.29, 1.82) is 0 Å². The van der Waals surface area contributed by atoms with Crippen molar-refractivity contribution in [2.75, 3.05) is 11.9 Å². The summed E-state index contributed by atoms with van der Waals surface area (Å²) in [6.45, 7) is 5.05. The highest BCUT2D eigenvalue weighted by molar-refractivity contribution is 5.94. The van der Waals surface area contributed by atoms with E-state index < -0.39 is 29.5 Å². The highest BCUT2D eigenvalue weighted by Gasteiger charge is 2.25. The number of rotatable bonds is 6. The van der Waals surface area contributed by atoms with Gasteiger partial charge in [0.1, 0.15) is 0 Å². The lowest BCUT2D eigenvalue weighted by atomic mass is 9.95. The molecule has 0 heterocycles. The maximum atomic E-state index is 13.6. The topological polar surface area (TPSA) is 75.6 Å². The first kappa shape index (κ1) is 15.9. The summed E-state index contributed by atoms with van der Waals surface area (Å²) in [5.74, 6) is -3.53. The summed E-state index contributed by atoms with van der Waals surface area (Å²) < 4.78 is 18.7. The van der Waals surface area contributed by atoms with Gasteiger partial charge in [0.05, 0.1) is 12.5 Å². The molecule has 1 amide bonds. The first-order chi connectivity index (χ1) is 9.36. The number of amides is 1. The molecule has 0 aliphatic heterocycles. The van der Waals surface area contributed by atoms with E-state index in [4.69, 9.17) is 9.84 Å². The SMILES string of the molecule is CCOc1ccc(NC(=O)C(C)C(C)C(=O)O)cc1F. The molecule has 1 rings (SSSR count). The highest BCUT2D eigenvalue weighted by atomic mass is 19.1. The van der Waals surface area contributed by atoms with E-state index in [1.54, 1.807) is 6.92 Å². The van der Waals surface area contributed by atoms with Gasteiger partial charge in [-0.15, -0.1) is 0 Å². The zero-order valence-electron chi connectivity index (χ0n) is 11.6. The Morgan fingerprint density at radius 3 is 2.50 bits per heavy atom. The predicted octanol–water partition coefficient (Wildman–Crippen LogP) is 2.52. The zero-order chi connectivity index (χ0) is 15.3. The second-order valence-electron chi connectivity index (χ2n) is 4.48.